The number of amides is 1. The lowest BCUT2D eigenvalue weighted by Gasteiger charge is -2.09. The summed E-state index contributed by atoms with van der Waals surface area (Å²) >= 11 is 7.42. The summed E-state index contributed by atoms with van der Waals surface area (Å²) in [5.74, 6) is 0.0292. The Kier molecular flexibility index (Phi) is 4.62. The number of ether oxygens (including phenoxy) is 1. The molecule has 1 heterocycles. The van der Waals surface area contributed by atoms with Gasteiger partial charge < -0.3 is 10.1 Å². The fraction of sp³-hybridized carbons (Fsp3) is 0.118. The van der Waals surface area contributed by atoms with E-state index in [-0.39, 0.29) is 15.6 Å². The van der Waals surface area contributed by atoms with E-state index in [4.69, 9.17) is 16.3 Å². The molecule has 25 heavy (non-hydrogen) atoms. The van der Waals surface area contributed by atoms with E-state index in [1.807, 2.05) is 0 Å². The third-order valence-corrected chi connectivity index (χ3v) is 5.16. The molecule has 0 atom stereocenters. The number of hydrogen-bond acceptors (Lipinski definition) is 3. The van der Waals surface area contributed by atoms with Crippen LogP contribution in [-0.2, 0) is 6.18 Å². The quantitative estimate of drug-likeness (QED) is 0.615. The molecule has 0 fully saturated rings. The number of nitrogens with one attached hydrogen (secondary N) is 1. The average Bonchev–Trinajstić information content (AvgIpc) is 2.91. The van der Waals surface area contributed by atoms with Crippen LogP contribution in [0.25, 0.3) is 10.1 Å². The van der Waals surface area contributed by atoms with Gasteiger partial charge in [-0.1, -0.05) is 17.7 Å². The molecule has 2 aromatic carbocycles. The van der Waals surface area contributed by atoms with E-state index in [0.29, 0.717) is 11.1 Å². The summed E-state index contributed by atoms with van der Waals surface area (Å²) in [6, 6.07) is 9.65. The average molecular weight is 386 g/mol. The Morgan fingerprint density at radius 1 is 1.20 bits per heavy atom. The zero-order valence-electron chi connectivity index (χ0n) is 12.8. The lowest BCUT2D eigenvalue weighted by Crippen LogP contribution is -2.12. The molecule has 8 heteroatoms. The van der Waals surface area contributed by atoms with Crippen LogP contribution >= 0.6 is 22.9 Å². The molecule has 1 amide bonds. The van der Waals surface area contributed by atoms with Crippen LogP contribution < -0.4 is 10.1 Å². The summed E-state index contributed by atoms with van der Waals surface area (Å²) in [4.78, 5) is 12.6. The van der Waals surface area contributed by atoms with Crippen molar-refractivity contribution < 1.29 is 22.7 Å². The van der Waals surface area contributed by atoms with Crippen molar-refractivity contribution in [1.29, 1.82) is 0 Å². The summed E-state index contributed by atoms with van der Waals surface area (Å²) in [5, 5.41) is 3.35. The highest BCUT2D eigenvalue weighted by Gasteiger charge is 2.30. The number of alkyl halides is 3. The van der Waals surface area contributed by atoms with Crippen molar-refractivity contribution in [2.75, 3.05) is 12.4 Å². The molecule has 0 aliphatic carbocycles. The first-order chi connectivity index (χ1) is 11.8. The van der Waals surface area contributed by atoms with Crippen LogP contribution in [0.5, 0.6) is 5.75 Å². The maximum Gasteiger partial charge on any atom is 0.416 e. The second-order valence-corrected chi connectivity index (χ2v) is 6.57. The Hall–Kier alpha value is -2.25. The predicted octanol–water partition coefficient (Wildman–Crippen LogP) is 5.83. The lowest BCUT2D eigenvalue weighted by molar-refractivity contribution is -0.137. The van der Waals surface area contributed by atoms with Gasteiger partial charge in [-0.25, -0.2) is 0 Å². The second-order valence-electron chi connectivity index (χ2n) is 5.14. The molecule has 3 nitrogen and oxygen atoms in total. The normalized spacial score (nSPS) is 11.6. The van der Waals surface area contributed by atoms with E-state index < -0.39 is 17.6 Å². The summed E-state index contributed by atoms with van der Waals surface area (Å²) < 4.78 is 44.2. The number of hydrogen-bond donors (Lipinski definition) is 1. The smallest absolute Gasteiger partial charge is 0.416 e. The maximum atomic E-state index is 12.8. The zero-order chi connectivity index (χ0) is 18.2. The molecule has 0 aliphatic heterocycles. The summed E-state index contributed by atoms with van der Waals surface area (Å²) in [7, 11) is 1.52. The molecule has 1 N–H and O–H groups in total. The highest BCUT2D eigenvalue weighted by atomic mass is 35.5. The molecule has 1 aromatic heterocycles. The molecule has 0 spiro atoms. The van der Waals surface area contributed by atoms with Crippen molar-refractivity contribution in [2.24, 2.45) is 0 Å². The van der Waals surface area contributed by atoms with Crippen molar-refractivity contribution in [2.45, 2.75) is 6.18 Å². The van der Waals surface area contributed by atoms with Crippen LogP contribution in [0.15, 0.2) is 42.5 Å². The van der Waals surface area contributed by atoms with E-state index in [2.05, 4.69) is 5.32 Å². The Morgan fingerprint density at radius 3 is 2.64 bits per heavy atom. The van der Waals surface area contributed by atoms with Gasteiger partial charge in [-0.2, -0.15) is 13.2 Å². The minimum Gasteiger partial charge on any atom is -0.497 e. The van der Waals surface area contributed by atoms with Gasteiger partial charge in [-0.15, -0.1) is 11.3 Å². The molecule has 0 bridgehead atoms. The summed E-state index contributed by atoms with van der Waals surface area (Å²) in [6.07, 6.45) is -4.48. The molecule has 3 rings (SSSR count). The topological polar surface area (TPSA) is 38.3 Å². The molecule has 0 unspecified atom stereocenters. The highest BCUT2D eigenvalue weighted by molar-refractivity contribution is 7.21. The van der Waals surface area contributed by atoms with Crippen LogP contribution in [0.4, 0.5) is 18.9 Å². The molecule has 0 saturated carbocycles. The first-order valence-corrected chi connectivity index (χ1v) is 8.23. The van der Waals surface area contributed by atoms with E-state index in [0.717, 1.165) is 28.2 Å². The predicted molar refractivity (Wildman–Crippen MR) is 92.8 cm³/mol. The number of thiophene rings is 1. The standard InChI is InChI=1S/C17H11ClF3NO2S/c1-24-11-5-6-13-12(8-11)14(18)15(25-13)16(23)22-10-4-2-3-9(7-10)17(19,20)21/h2-8H,1H3,(H,22,23). The number of methoxy groups -OCH3 is 1. The van der Waals surface area contributed by atoms with Gasteiger partial charge in [-0.3, -0.25) is 4.79 Å². The van der Waals surface area contributed by atoms with Gasteiger partial charge in [0.2, 0.25) is 0 Å². The number of benzene rings is 2. The molecular formula is C17H11ClF3NO2S. The molecule has 3 aromatic rings. The Bertz CT molecular complexity index is 953. The number of carbonyl (C=O) groups is 1. The van der Waals surface area contributed by atoms with Crippen molar-refractivity contribution >= 4 is 44.6 Å². The summed E-state index contributed by atoms with van der Waals surface area (Å²) in [5.41, 5.74) is -0.789. The first kappa shape index (κ1) is 17.6. The van der Waals surface area contributed by atoms with Crippen LogP contribution in [0.2, 0.25) is 5.02 Å². The van der Waals surface area contributed by atoms with Gasteiger partial charge in [-0.05, 0) is 36.4 Å². The minimum absolute atomic E-state index is 0.0472. The monoisotopic (exact) mass is 385 g/mol. The van der Waals surface area contributed by atoms with Crippen molar-refractivity contribution in [1.82, 2.24) is 0 Å². The number of halogens is 4. The Labute approximate surface area is 150 Å². The van der Waals surface area contributed by atoms with Crippen LogP contribution in [0, 0.1) is 0 Å². The minimum atomic E-state index is -4.48. The number of fused-ring (bicyclic) bond motifs is 1. The Morgan fingerprint density at radius 2 is 1.96 bits per heavy atom. The molecular weight excluding hydrogens is 375 g/mol. The lowest BCUT2D eigenvalue weighted by atomic mass is 10.2. The molecule has 0 radical (unpaired) electrons. The number of rotatable bonds is 3. The van der Waals surface area contributed by atoms with Gasteiger partial charge in [0.25, 0.3) is 5.91 Å². The van der Waals surface area contributed by atoms with Gasteiger partial charge in [0.15, 0.2) is 0 Å². The van der Waals surface area contributed by atoms with E-state index in [1.54, 1.807) is 18.2 Å². The van der Waals surface area contributed by atoms with Crippen molar-refractivity contribution in [3.05, 3.63) is 57.9 Å². The van der Waals surface area contributed by atoms with Crippen LogP contribution in [0.1, 0.15) is 15.2 Å². The van der Waals surface area contributed by atoms with Crippen LogP contribution in [0.3, 0.4) is 0 Å². The SMILES string of the molecule is COc1ccc2sc(C(=O)Nc3cccc(C(F)(F)F)c3)c(Cl)c2c1. The van der Waals surface area contributed by atoms with E-state index in [9.17, 15) is 18.0 Å². The third kappa shape index (κ3) is 3.57. The molecule has 0 saturated heterocycles. The fourth-order valence-electron chi connectivity index (χ4n) is 2.28. The van der Waals surface area contributed by atoms with Crippen molar-refractivity contribution in [3.8, 4) is 5.75 Å². The third-order valence-electron chi connectivity index (χ3n) is 3.49. The van der Waals surface area contributed by atoms with E-state index >= 15 is 0 Å². The first-order valence-electron chi connectivity index (χ1n) is 7.04. The van der Waals surface area contributed by atoms with Gasteiger partial charge in [0.05, 0.1) is 17.7 Å². The summed E-state index contributed by atoms with van der Waals surface area (Å²) in [6.45, 7) is 0. The van der Waals surface area contributed by atoms with Gasteiger partial charge in [0.1, 0.15) is 10.6 Å². The molecule has 130 valence electrons. The van der Waals surface area contributed by atoms with Crippen molar-refractivity contribution in [3.63, 3.8) is 0 Å². The Balaban J connectivity index is 1.91. The number of anilines is 1. The largest absolute Gasteiger partial charge is 0.497 e. The fourth-order valence-corrected chi connectivity index (χ4v) is 3.66. The second kappa shape index (κ2) is 6.57. The highest BCUT2D eigenvalue weighted by Crippen LogP contribution is 2.38. The maximum absolute atomic E-state index is 12.8. The van der Waals surface area contributed by atoms with Gasteiger partial charge in [0, 0.05) is 15.8 Å². The van der Waals surface area contributed by atoms with Crippen LogP contribution in [-0.4, -0.2) is 13.0 Å². The zero-order valence-corrected chi connectivity index (χ0v) is 14.4. The molecule has 0 aliphatic rings. The van der Waals surface area contributed by atoms with E-state index in [1.165, 1.54) is 19.2 Å². The van der Waals surface area contributed by atoms with Gasteiger partial charge >= 0.3 is 6.18 Å². The number of carbonyl (C=O) groups excluding carboxylic acids is 1.